The van der Waals surface area contributed by atoms with Gasteiger partial charge in [-0.1, -0.05) is 20.8 Å². The number of nitrogens with one attached hydrogen (secondary N) is 2. The Kier molecular flexibility index (Phi) is 7.46. The topological polar surface area (TPSA) is 69.8 Å². The van der Waals surface area contributed by atoms with Crippen LogP contribution in [-0.4, -0.2) is 42.6 Å². The summed E-state index contributed by atoms with van der Waals surface area (Å²) < 4.78 is 6.31. The molecule has 6 heteroatoms. The molecular formula is C22H39N5O. The Morgan fingerprint density at radius 2 is 1.36 bits per heavy atom. The molecule has 2 N–H and O–H groups in total. The molecular weight excluding hydrogens is 350 g/mol. The van der Waals surface area contributed by atoms with Crippen LogP contribution in [0.4, 0.5) is 0 Å². The first kappa shape index (κ1) is 22.6. The lowest BCUT2D eigenvalue weighted by Gasteiger charge is -2.39. The van der Waals surface area contributed by atoms with E-state index in [4.69, 9.17) is 4.74 Å². The second-order valence-electron chi connectivity index (χ2n) is 10.2. The lowest BCUT2D eigenvalue weighted by molar-refractivity contribution is -0.0482. The normalized spacial score (nSPS) is 13.4. The summed E-state index contributed by atoms with van der Waals surface area (Å²) in [5.74, 6) is 1.93. The van der Waals surface area contributed by atoms with Crippen molar-refractivity contribution >= 4 is 0 Å². The summed E-state index contributed by atoms with van der Waals surface area (Å²) >= 11 is 0. The molecule has 2 aromatic rings. The molecule has 2 rings (SSSR count). The second kappa shape index (κ2) is 9.23. The molecule has 0 spiro atoms. The molecule has 0 atom stereocenters. The first-order chi connectivity index (χ1) is 13.0. The smallest absolute Gasteiger partial charge is 0.120 e. The minimum atomic E-state index is -0.101. The molecule has 0 fully saturated rings. The van der Waals surface area contributed by atoms with Crippen LogP contribution in [0.15, 0.2) is 24.8 Å². The van der Waals surface area contributed by atoms with Gasteiger partial charge in [0.15, 0.2) is 0 Å². The van der Waals surface area contributed by atoms with Gasteiger partial charge < -0.3 is 14.7 Å². The molecule has 2 heterocycles. The summed E-state index contributed by atoms with van der Waals surface area (Å²) in [7, 11) is 0. The van der Waals surface area contributed by atoms with Crippen LogP contribution in [0, 0.1) is 5.41 Å². The van der Waals surface area contributed by atoms with E-state index >= 15 is 0 Å². The summed E-state index contributed by atoms with van der Waals surface area (Å²) in [6.45, 7) is 18.0. The monoisotopic (exact) mass is 389 g/mol. The first-order valence-corrected chi connectivity index (χ1v) is 10.3. The van der Waals surface area contributed by atoms with E-state index in [1.807, 2.05) is 12.4 Å². The molecule has 0 bridgehead atoms. The highest BCUT2D eigenvalue weighted by Gasteiger charge is 2.30. The molecule has 0 aliphatic heterocycles. The maximum absolute atomic E-state index is 6.31. The van der Waals surface area contributed by atoms with Gasteiger partial charge in [0.2, 0.25) is 0 Å². The molecule has 0 aliphatic carbocycles. The van der Waals surface area contributed by atoms with Crippen molar-refractivity contribution < 1.29 is 4.74 Å². The number of hydrogen-bond donors (Lipinski definition) is 2. The van der Waals surface area contributed by atoms with E-state index in [-0.39, 0.29) is 11.1 Å². The summed E-state index contributed by atoms with van der Waals surface area (Å²) in [4.78, 5) is 17.6. The SMILES string of the molecule is CC(C)(C)CCC(C)(C)OCCC(C)(C)N(Cc1ncc[nH]1)Cc1ncc[nH]1. The van der Waals surface area contributed by atoms with Crippen molar-refractivity contribution in [2.24, 2.45) is 5.41 Å². The number of H-pyrrole nitrogens is 2. The third-order valence-electron chi connectivity index (χ3n) is 5.33. The van der Waals surface area contributed by atoms with Crippen molar-refractivity contribution in [1.82, 2.24) is 24.8 Å². The van der Waals surface area contributed by atoms with Gasteiger partial charge in [-0.15, -0.1) is 0 Å². The highest BCUT2D eigenvalue weighted by molar-refractivity contribution is 4.95. The third kappa shape index (κ3) is 7.76. The largest absolute Gasteiger partial charge is 0.376 e. The van der Waals surface area contributed by atoms with Crippen LogP contribution in [0.2, 0.25) is 0 Å². The van der Waals surface area contributed by atoms with Gasteiger partial charge in [0.1, 0.15) is 11.6 Å². The zero-order valence-electron chi connectivity index (χ0n) is 18.8. The maximum Gasteiger partial charge on any atom is 0.120 e. The molecule has 0 aliphatic rings. The van der Waals surface area contributed by atoms with E-state index in [1.54, 1.807) is 12.4 Å². The van der Waals surface area contributed by atoms with Crippen LogP contribution in [-0.2, 0) is 17.8 Å². The standard InChI is InChI=1S/C22H39N5O/c1-20(2,3)8-9-22(6,7)28-15-10-21(4,5)27(16-18-23-11-12-24-18)17-19-25-13-14-26-19/h11-14H,8-10,15-17H2,1-7H3,(H,23,24)(H,25,26). The maximum atomic E-state index is 6.31. The van der Waals surface area contributed by atoms with E-state index in [0.29, 0.717) is 5.41 Å². The van der Waals surface area contributed by atoms with Gasteiger partial charge in [-0.2, -0.15) is 0 Å². The van der Waals surface area contributed by atoms with Gasteiger partial charge in [-0.3, -0.25) is 4.90 Å². The minimum absolute atomic E-state index is 0.0559. The average Bonchev–Trinajstić information content (AvgIpc) is 3.25. The van der Waals surface area contributed by atoms with E-state index in [1.165, 1.54) is 0 Å². The van der Waals surface area contributed by atoms with Crippen molar-refractivity contribution in [3.05, 3.63) is 36.4 Å². The number of rotatable bonds is 11. The summed E-state index contributed by atoms with van der Waals surface area (Å²) in [5.41, 5.74) is 0.179. The van der Waals surface area contributed by atoms with Gasteiger partial charge in [0.25, 0.3) is 0 Å². The van der Waals surface area contributed by atoms with Crippen molar-refractivity contribution in [2.75, 3.05) is 6.61 Å². The van der Waals surface area contributed by atoms with E-state index < -0.39 is 0 Å². The average molecular weight is 390 g/mol. The predicted molar refractivity (Wildman–Crippen MR) is 114 cm³/mol. The fourth-order valence-corrected chi connectivity index (χ4v) is 3.10. The third-order valence-corrected chi connectivity index (χ3v) is 5.33. The Balaban J connectivity index is 1.95. The summed E-state index contributed by atoms with van der Waals surface area (Å²) in [5, 5.41) is 0. The zero-order chi connectivity index (χ0) is 20.8. The lowest BCUT2D eigenvalue weighted by atomic mass is 9.86. The Labute approximate surface area is 170 Å². The molecule has 0 aromatic carbocycles. The van der Waals surface area contributed by atoms with Gasteiger partial charge in [0, 0.05) is 36.9 Å². The number of imidazole rings is 2. The fourth-order valence-electron chi connectivity index (χ4n) is 3.10. The van der Waals surface area contributed by atoms with Crippen molar-refractivity contribution in [2.45, 2.75) is 92.0 Å². The fraction of sp³-hybridized carbons (Fsp3) is 0.727. The molecule has 0 saturated carbocycles. The predicted octanol–water partition coefficient (Wildman–Crippen LogP) is 4.93. The molecule has 0 radical (unpaired) electrons. The second-order valence-corrected chi connectivity index (χ2v) is 10.2. The molecule has 28 heavy (non-hydrogen) atoms. The number of nitrogens with zero attached hydrogens (tertiary/aromatic N) is 3. The van der Waals surface area contributed by atoms with E-state index in [2.05, 4.69) is 73.3 Å². The molecule has 0 unspecified atom stereocenters. The van der Waals surface area contributed by atoms with Crippen LogP contribution in [0.3, 0.4) is 0 Å². The van der Waals surface area contributed by atoms with Crippen molar-refractivity contribution in [3.8, 4) is 0 Å². The molecule has 2 aromatic heterocycles. The minimum Gasteiger partial charge on any atom is -0.376 e. The molecule has 0 amide bonds. The Bertz CT molecular complexity index is 632. The first-order valence-electron chi connectivity index (χ1n) is 10.3. The van der Waals surface area contributed by atoms with Crippen LogP contribution in [0.1, 0.15) is 79.4 Å². The van der Waals surface area contributed by atoms with E-state index in [9.17, 15) is 0 Å². The number of hydrogen-bond acceptors (Lipinski definition) is 4. The van der Waals surface area contributed by atoms with E-state index in [0.717, 1.165) is 50.6 Å². The van der Waals surface area contributed by atoms with Gasteiger partial charge in [-0.25, -0.2) is 9.97 Å². The molecule has 6 nitrogen and oxygen atoms in total. The van der Waals surface area contributed by atoms with Gasteiger partial charge in [0.05, 0.1) is 18.7 Å². The highest BCUT2D eigenvalue weighted by atomic mass is 16.5. The number of aromatic amines is 2. The number of aromatic nitrogens is 4. The summed E-state index contributed by atoms with van der Waals surface area (Å²) in [6, 6.07) is 0. The van der Waals surface area contributed by atoms with Gasteiger partial charge in [-0.05, 0) is 52.4 Å². The van der Waals surface area contributed by atoms with Crippen LogP contribution >= 0.6 is 0 Å². The van der Waals surface area contributed by atoms with Crippen molar-refractivity contribution in [3.63, 3.8) is 0 Å². The lowest BCUT2D eigenvalue weighted by Crippen LogP contribution is -2.44. The molecule has 158 valence electrons. The van der Waals surface area contributed by atoms with Crippen LogP contribution in [0.25, 0.3) is 0 Å². The zero-order valence-corrected chi connectivity index (χ0v) is 18.8. The van der Waals surface area contributed by atoms with Crippen LogP contribution < -0.4 is 0 Å². The molecule has 0 saturated heterocycles. The quantitative estimate of drug-likeness (QED) is 0.572. The Morgan fingerprint density at radius 1 is 0.821 bits per heavy atom. The Hall–Kier alpha value is -1.66. The summed E-state index contributed by atoms with van der Waals surface area (Å²) in [6.07, 6.45) is 10.5. The van der Waals surface area contributed by atoms with Crippen LogP contribution in [0.5, 0.6) is 0 Å². The van der Waals surface area contributed by atoms with Crippen molar-refractivity contribution in [1.29, 1.82) is 0 Å². The number of ether oxygens (including phenoxy) is 1. The highest BCUT2D eigenvalue weighted by Crippen LogP contribution is 2.29. The Morgan fingerprint density at radius 3 is 1.79 bits per heavy atom. The van der Waals surface area contributed by atoms with Gasteiger partial charge >= 0.3 is 0 Å².